The quantitative estimate of drug-likeness (QED) is 0.427. The van der Waals surface area contributed by atoms with Crippen molar-refractivity contribution in [1.82, 2.24) is 20.1 Å². The van der Waals surface area contributed by atoms with Crippen LogP contribution in [0.5, 0.6) is 0 Å². The van der Waals surface area contributed by atoms with Crippen LogP contribution in [-0.2, 0) is 27.4 Å². The molecule has 1 amide bonds. The molecule has 2 aliphatic heterocycles. The molecule has 1 aromatic heterocycles. The molecule has 2 saturated heterocycles. The fraction of sp³-hybridized carbons (Fsp3) is 0.529. The summed E-state index contributed by atoms with van der Waals surface area (Å²) in [6.07, 6.45) is 4.10. The van der Waals surface area contributed by atoms with Crippen molar-refractivity contribution in [3.8, 4) is 0 Å². The van der Waals surface area contributed by atoms with E-state index in [-0.39, 0.29) is 29.8 Å². The van der Waals surface area contributed by atoms with E-state index >= 15 is 0 Å². The van der Waals surface area contributed by atoms with E-state index in [0.29, 0.717) is 22.2 Å². The maximum Gasteiger partial charge on any atom is 0.253 e. The summed E-state index contributed by atoms with van der Waals surface area (Å²) in [5.74, 6) is -0.430. The van der Waals surface area contributed by atoms with Crippen molar-refractivity contribution in [3.05, 3.63) is 91.0 Å². The Balaban J connectivity index is 1.44. The number of allylic oxidation sites excluding steroid dienone is 2. The first-order chi connectivity index (χ1) is 20.8. The molecule has 1 aromatic carbocycles. The van der Waals surface area contributed by atoms with Crippen molar-refractivity contribution >= 4 is 17.5 Å². The molecule has 0 bridgehead atoms. The highest BCUT2D eigenvalue weighted by atomic mass is 35.5. The number of amides is 1. The number of likely N-dealkylation sites (N-methyl/N-ethyl adjacent to an activating group) is 1. The smallest absolute Gasteiger partial charge is 0.253 e. The normalized spacial score (nSPS) is 21.9. The van der Waals surface area contributed by atoms with Gasteiger partial charge < -0.3 is 24.7 Å². The highest BCUT2D eigenvalue weighted by Gasteiger charge is 2.36. The zero-order chi connectivity index (χ0) is 30.5. The summed E-state index contributed by atoms with van der Waals surface area (Å²) in [7, 11) is 0. The number of aryl methyl sites for hydroxylation is 2. The summed E-state index contributed by atoms with van der Waals surface area (Å²) in [5, 5.41) is 3.53. The molecule has 3 heterocycles. The Morgan fingerprint density at radius 2 is 1.77 bits per heavy atom. The number of nitrogens with zero attached hydrogens (tertiary/aromatic N) is 2. The van der Waals surface area contributed by atoms with Gasteiger partial charge in [0.1, 0.15) is 0 Å². The molecule has 2 fully saturated rings. The molecule has 2 aromatic rings. The highest BCUT2D eigenvalue weighted by Crippen LogP contribution is 2.43. The van der Waals surface area contributed by atoms with E-state index in [9.17, 15) is 9.59 Å². The van der Waals surface area contributed by atoms with E-state index in [1.165, 1.54) is 5.56 Å². The van der Waals surface area contributed by atoms with Crippen LogP contribution < -0.4 is 10.9 Å². The number of H-pyrrole nitrogens is 1. The Kier molecular flexibility index (Phi) is 10.4. The van der Waals surface area contributed by atoms with Crippen LogP contribution in [0.3, 0.4) is 0 Å². The molecule has 5 rings (SSSR count). The monoisotopic (exact) mass is 608 g/mol. The molecular weight excluding hydrogens is 564 g/mol. The van der Waals surface area contributed by atoms with Gasteiger partial charge in [-0.05, 0) is 62.3 Å². The Morgan fingerprint density at radius 3 is 2.42 bits per heavy atom. The maximum absolute atomic E-state index is 13.9. The number of hydrogen-bond acceptors (Lipinski definition) is 6. The molecule has 2 atom stereocenters. The lowest BCUT2D eigenvalue weighted by molar-refractivity contribution is -0.118. The second-order valence-electron chi connectivity index (χ2n) is 12.0. The van der Waals surface area contributed by atoms with Crippen molar-refractivity contribution in [2.45, 2.75) is 65.6 Å². The van der Waals surface area contributed by atoms with Crippen molar-refractivity contribution in [2.24, 2.45) is 5.92 Å². The minimum atomic E-state index is -0.237. The Labute approximate surface area is 260 Å². The Hall–Kier alpha value is -2.91. The number of carbonyl (C=O) groups excluding carboxylic acids is 1. The van der Waals surface area contributed by atoms with Gasteiger partial charge in [-0.15, -0.1) is 0 Å². The molecule has 8 nitrogen and oxygen atoms in total. The number of aromatic nitrogens is 1. The van der Waals surface area contributed by atoms with Crippen molar-refractivity contribution in [3.63, 3.8) is 0 Å². The van der Waals surface area contributed by atoms with E-state index in [2.05, 4.69) is 64.3 Å². The number of nitrogens with one attached hydrogen (secondary N) is 2. The summed E-state index contributed by atoms with van der Waals surface area (Å²) >= 11 is 7.18. The molecule has 43 heavy (non-hydrogen) atoms. The number of halogens is 1. The number of benzene rings is 1. The molecule has 9 heteroatoms. The second-order valence-corrected chi connectivity index (χ2v) is 12.4. The van der Waals surface area contributed by atoms with Crippen molar-refractivity contribution < 1.29 is 14.3 Å². The van der Waals surface area contributed by atoms with Gasteiger partial charge in [0.05, 0.1) is 23.9 Å². The number of ether oxygens (including phenoxy) is 2. The minimum Gasteiger partial charge on any atom is -0.381 e. The maximum atomic E-state index is 13.9. The van der Waals surface area contributed by atoms with E-state index < -0.39 is 0 Å². The van der Waals surface area contributed by atoms with E-state index in [1.54, 1.807) is 0 Å². The van der Waals surface area contributed by atoms with E-state index in [0.717, 1.165) is 88.0 Å². The van der Waals surface area contributed by atoms with Crippen LogP contribution in [0, 0.1) is 19.8 Å². The van der Waals surface area contributed by atoms with Crippen LogP contribution in [-0.4, -0.2) is 72.8 Å². The predicted molar refractivity (Wildman–Crippen MR) is 170 cm³/mol. The van der Waals surface area contributed by atoms with E-state index in [1.807, 2.05) is 19.9 Å². The third-order valence-electron chi connectivity index (χ3n) is 9.11. The SMILES string of the molecule is CCN(C1=CC(c2ccc(CN3CCOCC3)cc2)C(C)C(C(=O)NCc2c(C)cc(C)[nH]c2=O)=C1Cl)C1CCOCC1. The number of carbonyl (C=O) groups is 1. The molecule has 3 aliphatic rings. The lowest BCUT2D eigenvalue weighted by Crippen LogP contribution is -2.41. The van der Waals surface area contributed by atoms with Gasteiger partial charge in [0.2, 0.25) is 5.91 Å². The number of hydrogen-bond donors (Lipinski definition) is 2. The zero-order valence-corrected chi connectivity index (χ0v) is 26.6. The number of morpholine rings is 1. The molecule has 0 radical (unpaired) electrons. The lowest BCUT2D eigenvalue weighted by atomic mass is 9.77. The van der Waals surface area contributed by atoms with Crippen molar-refractivity contribution in [1.29, 1.82) is 0 Å². The zero-order valence-electron chi connectivity index (χ0n) is 25.9. The summed E-state index contributed by atoms with van der Waals surface area (Å²) < 4.78 is 11.2. The van der Waals surface area contributed by atoms with Crippen LogP contribution in [0.15, 0.2) is 57.5 Å². The molecule has 232 valence electrons. The number of aromatic amines is 1. The molecule has 0 spiro atoms. The molecule has 1 aliphatic carbocycles. The largest absolute Gasteiger partial charge is 0.381 e. The van der Waals surface area contributed by atoms with Gasteiger partial charge >= 0.3 is 0 Å². The van der Waals surface area contributed by atoms with Gasteiger partial charge in [0.15, 0.2) is 0 Å². The van der Waals surface area contributed by atoms with Crippen LogP contribution >= 0.6 is 11.6 Å². The van der Waals surface area contributed by atoms with Crippen LogP contribution in [0.1, 0.15) is 60.6 Å². The summed E-state index contributed by atoms with van der Waals surface area (Å²) in [4.78, 5) is 34.2. The molecular formula is C34H45ClN4O4. The fourth-order valence-electron chi connectivity index (χ4n) is 6.67. The van der Waals surface area contributed by atoms with Gasteiger partial charge in [0, 0.05) is 74.7 Å². The van der Waals surface area contributed by atoms with Crippen molar-refractivity contribution in [2.75, 3.05) is 46.1 Å². The average Bonchev–Trinajstić information content (AvgIpc) is 3.00. The van der Waals surface area contributed by atoms with Crippen LogP contribution in [0.2, 0.25) is 0 Å². The van der Waals surface area contributed by atoms with Gasteiger partial charge in [-0.1, -0.05) is 48.9 Å². The number of pyridine rings is 1. The summed E-state index contributed by atoms with van der Waals surface area (Å²) in [6, 6.07) is 11.0. The van der Waals surface area contributed by atoms with E-state index in [4.69, 9.17) is 21.1 Å². The van der Waals surface area contributed by atoms with Gasteiger partial charge in [0.25, 0.3) is 5.56 Å². The van der Waals surface area contributed by atoms with Crippen LogP contribution in [0.25, 0.3) is 0 Å². The summed E-state index contributed by atoms with van der Waals surface area (Å²) in [5.41, 5.74) is 5.91. The van der Waals surface area contributed by atoms with Crippen LogP contribution in [0.4, 0.5) is 0 Å². The predicted octanol–water partition coefficient (Wildman–Crippen LogP) is 4.75. The van der Waals surface area contributed by atoms with Gasteiger partial charge in [-0.25, -0.2) is 0 Å². The standard InChI is InChI=1S/C34H45ClN4O4/c1-5-39(27-10-14-42-15-11-27)30-19-28(26-8-6-25(7-9-26)21-38-12-16-43-17-13-38)24(4)31(32(30)35)34(41)36-20-29-22(2)18-23(3)37-33(29)40/h6-9,18-19,24,27-28H,5,10-17,20-21H2,1-4H3,(H,36,41)(H,37,40). The third-order valence-corrected chi connectivity index (χ3v) is 9.51. The fourth-order valence-corrected chi connectivity index (χ4v) is 7.10. The first kappa shape index (κ1) is 31.5. The Morgan fingerprint density at radius 1 is 1.09 bits per heavy atom. The number of rotatable bonds is 9. The highest BCUT2D eigenvalue weighted by molar-refractivity contribution is 6.34. The third kappa shape index (κ3) is 7.26. The lowest BCUT2D eigenvalue weighted by Gasteiger charge is -2.40. The Bertz CT molecular complexity index is 1400. The topological polar surface area (TPSA) is 86.9 Å². The van der Waals surface area contributed by atoms with Gasteiger partial charge in [-0.3, -0.25) is 14.5 Å². The molecule has 0 saturated carbocycles. The summed E-state index contributed by atoms with van der Waals surface area (Å²) in [6.45, 7) is 14.7. The minimum absolute atomic E-state index is 0.0332. The second kappa shape index (κ2) is 14.2. The molecule has 2 N–H and O–H groups in total. The molecule has 2 unspecified atom stereocenters. The van der Waals surface area contributed by atoms with Gasteiger partial charge in [-0.2, -0.15) is 0 Å². The first-order valence-corrected chi connectivity index (χ1v) is 16.0. The average molecular weight is 609 g/mol. The first-order valence-electron chi connectivity index (χ1n) is 15.6.